The largest absolute Gasteiger partial charge is 0.490 e. The van der Waals surface area contributed by atoms with E-state index in [1.807, 2.05) is 36.1 Å². The summed E-state index contributed by atoms with van der Waals surface area (Å²) in [6.07, 6.45) is 3.39. The van der Waals surface area contributed by atoms with Crippen LogP contribution in [0.2, 0.25) is 0 Å². The first-order valence-electron chi connectivity index (χ1n) is 8.27. The number of carbonyl (C=O) groups excluding carboxylic acids is 1. The number of hydrogen-bond donors (Lipinski definition) is 0. The Morgan fingerprint density at radius 1 is 1.23 bits per heavy atom. The maximum absolute atomic E-state index is 12.5. The molecule has 1 unspecified atom stereocenters. The highest BCUT2D eigenvalue weighted by molar-refractivity contribution is 5.78. The van der Waals surface area contributed by atoms with Crippen LogP contribution in [0.1, 0.15) is 40.0 Å². The van der Waals surface area contributed by atoms with E-state index in [-0.39, 0.29) is 12.5 Å². The Balaban J connectivity index is 1.97. The zero-order valence-corrected chi connectivity index (χ0v) is 13.9. The van der Waals surface area contributed by atoms with E-state index < -0.39 is 0 Å². The number of hydrogen-bond acceptors (Lipinski definition) is 3. The van der Waals surface area contributed by atoms with Gasteiger partial charge in [-0.15, -0.1) is 0 Å². The third kappa shape index (κ3) is 4.15. The summed E-state index contributed by atoms with van der Waals surface area (Å²) in [7, 11) is 0. The first kappa shape index (κ1) is 16.7. The number of ether oxygens (including phenoxy) is 2. The fourth-order valence-corrected chi connectivity index (χ4v) is 3.03. The van der Waals surface area contributed by atoms with Crippen molar-refractivity contribution in [3.63, 3.8) is 0 Å². The lowest BCUT2D eigenvalue weighted by Crippen LogP contribution is -2.48. The second-order valence-electron chi connectivity index (χ2n) is 6.06. The van der Waals surface area contributed by atoms with Crippen LogP contribution >= 0.6 is 0 Å². The topological polar surface area (TPSA) is 38.8 Å². The number of likely N-dealkylation sites (tertiary alicyclic amines) is 1. The van der Waals surface area contributed by atoms with Crippen LogP contribution in [0.4, 0.5) is 0 Å². The lowest BCUT2D eigenvalue weighted by Gasteiger charge is -2.38. The molecular formula is C18H27NO3. The minimum Gasteiger partial charge on any atom is -0.490 e. The van der Waals surface area contributed by atoms with Gasteiger partial charge in [-0.2, -0.15) is 0 Å². The predicted octanol–water partition coefficient (Wildman–Crippen LogP) is 3.50. The molecule has 0 radical (unpaired) electrons. The second-order valence-corrected chi connectivity index (χ2v) is 6.06. The molecule has 1 heterocycles. The number of para-hydroxylation sites is 2. The Morgan fingerprint density at radius 2 is 1.91 bits per heavy atom. The van der Waals surface area contributed by atoms with Gasteiger partial charge < -0.3 is 14.4 Å². The van der Waals surface area contributed by atoms with E-state index >= 15 is 0 Å². The summed E-state index contributed by atoms with van der Waals surface area (Å²) in [6, 6.07) is 7.83. The highest BCUT2D eigenvalue weighted by Crippen LogP contribution is 2.27. The zero-order valence-electron chi connectivity index (χ0n) is 13.9. The van der Waals surface area contributed by atoms with Gasteiger partial charge in [0.15, 0.2) is 18.1 Å². The number of rotatable bonds is 6. The van der Waals surface area contributed by atoms with Crippen LogP contribution in [0, 0.1) is 5.92 Å². The van der Waals surface area contributed by atoms with E-state index in [1.54, 1.807) is 0 Å². The monoisotopic (exact) mass is 305 g/mol. The molecule has 1 fully saturated rings. The number of nitrogens with zero attached hydrogens (tertiary/aromatic N) is 1. The first-order valence-corrected chi connectivity index (χ1v) is 8.27. The Morgan fingerprint density at radius 3 is 2.55 bits per heavy atom. The zero-order chi connectivity index (χ0) is 15.9. The highest BCUT2D eigenvalue weighted by atomic mass is 16.5. The van der Waals surface area contributed by atoms with Crippen molar-refractivity contribution in [3.8, 4) is 11.5 Å². The smallest absolute Gasteiger partial charge is 0.260 e. The van der Waals surface area contributed by atoms with Crippen LogP contribution in [-0.4, -0.2) is 36.6 Å². The van der Waals surface area contributed by atoms with Crippen molar-refractivity contribution in [3.05, 3.63) is 24.3 Å². The Labute approximate surface area is 133 Å². The van der Waals surface area contributed by atoms with Crippen LogP contribution in [0.25, 0.3) is 0 Å². The molecule has 2 rings (SSSR count). The number of piperidine rings is 1. The summed E-state index contributed by atoms with van der Waals surface area (Å²) in [5.41, 5.74) is 0. The summed E-state index contributed by atoms with van der Waals surface area (Å²) in [5, 5.41) is 0. The first-order chi connectivity index (χ1) is 10.6. The molecule has 122 valence electrons. The summed E-state index contributed by atoms with van der Waals surface area (Å²) < 4.78 is 11.2. The standard InChI is InChI=1S/C18H27NO3/c1-4-21-16-10-5-6-11-17(16)22-13-18(20)19-12-8-7-9-15(19)14(2)3/h5-6,10-11,14-15H,4,7-9,12-13H2,1-3H3. The Kier molecular flexibility index (Phi) is 6.10. The van der Waals surface area contributed by atoms with Crippen LogP contribution in [0.15, 0.2) is 24.3 Å². The van der Waals surface area contributed by atoms with Gasteiger partial charge in [0.05, 0.1) is 6.61 Å². The van der Waals surface area contributed by atoms with Crippen molar-refractivity contribution in [2.24, 2.45) is 5.92 Å². The maximum Gasteiger partial charge on any atom is 0.260 e. The van der Waals surface area contributed by atoms with Crippen molar-refractivity contribution < 1.29 is 14.3 Å². The molecule has 0 saturated carbocycles. The number of carbonyl (C=O) groups is 1. The lowest BCUT2D eigenvalue weighted by atomic mass is 9.93. The molecule has 0 aromatic heterocycles. The minimum atomic E-state index is 0.0738. The predicted molar refractivity (Wildman–Crippen MR) is 87.3 cm³/mol. The second kappa shape index (κ2) is 8.06. The van der Waals surface area contributed by atoms with Crippen molar-refractivity contribution in [1.82, 2.24) is 4.90 Å². The molecule has 0 bridgehead atoms. The summed E-state index contributed by atoms with van der Waals surface area (Å²) >= 11 is 0. The summed E-state index contributed by atoms with van der Waals surface area (Å²) in [4.78, 5) is 14.5. The molecular weight excluding hydrogens is 278 g/mol. The van der Waals surface area contributed by atoms with Crippen LogP contribution < -0.4 is 9.47 Å². The van der Waals surface area contributed by atoms with E-state index in [4.69, 9.17) is 9.47 Å². The van der Waals surface area contributed by atoms with Gasteiger partial charge in [0.1, 0.15) is 0 Å². The maximum atomic E-state index is 12.5. The van der Waals surface area contributed by atoms with E-state index in [0.717, 1.165) is 19.4 Å². The Bertz CT molecular complexity index is 487. The van der Waals surface area contributed by atoms with Gasteiger partial charge in [-0.25, -0.2) is 0 Å². The molecule has 1 aliphatic heterocycles. The molecule has 1 amide bonds. The number of amides is 1. The van der Waals surface area contributed by atoms with Gasteiger partial charge in [-0.05, 0) is 44.2 Å². The molecule has 1 atom stereocenters. The summed E-state index contributed by atoms with van der Waals surface area (Å²) in [5.74, 6) is 1.89. The van der Waals surface area contributed by atoms with Crippen LogP contribution in [0.5, 0.6) is 11.5 Å². The molecule has 0 aliphatic carbocycles. The van der Waals surface area contributed by atoms with E-state index in [2.05, 4.69) is 13.8 Å². The van der Waals surface area contributed by atoms with E-state index in [9.17, 15) is 4.79 Å². The highest BCUT2D eigenvalue weighted by Gasteiger charge is 2.29. The minimum absolute atomic E-state index is 0.0738. The molecule has 4 heteroatoms. The molecule has 1 aromatic carbocycles. The van der Waals surface area contributed by atoms with Gasteiger partial charge >= 0.3 is 0 Å². The molecule has 1 aromatic rings. The van der Waals surface area contributed by atoms with Gasteiger partial charge in [-0.1, -0.05) is 26.0 Å². The van der Waals surface area contributed by atoms with Gasteiger partial charge in [0, 0.05) is 12.6 Å². The van der Waals surface area contributed by atoms with E-state index in [0.29, 0.717) is 30.1 Å². The quantitative estimate of drug-likeness (QED) is 0.807. The molecule has 1 aliphatic rings. The van der Waals surface area contributed by atoms with Gasteiger partial charge in [-0.3, -0.25) is 4.79 Å². The lowest BCUT2D eigenvalue weighted by molar-refractivity contribution is -0.138. The fraction of sp³-hybridized carbons (Fsp3) is 0.611. The van der Waals surface area contributed by atoms with Crippen LogP contribution in [-0.2, 0) is 4.79 Å². The van der Waals surface area contributed by atoms with Gasteiger partial charge in [0.25, 0.3) is 5.91 Å². The Hall–Kier alpha value is -1.71. The van der Waals surface area contributed by atoms with Crippen molar-refractivity contribution in [2.75, 3.05) is 19.8 Å². The SMILES string of the molecule is CCOc1ccccc1OCC(=O)N1CCCCC1C(C)C. The average Bonchev–Trinajstić information content (AvgIpc) is 2.54. The third-order valence-corrected chi connectivity index (χ3v) is 4.14. The normalized spacial score (nSPS) is 18.4. The molecule has 22 heavy (non-hydrogen) atoms. The van der Waals surface area contributed by atoms with E-state index in [1.165, 1.54) is 6.42 Å². The summed E-state index contributed by atoms with van der Waals surface area (Å²) in [6.45, 7) is 7.80. The average molecular weight is 305 g/mol. The molecule has 0 spiro atoms. The molecule has 0 N–H and O–H groups in total. The number of benzene rings is 1. The van der Waals surface area contributed by atoms with Crippen molar-refractivity contribution in [1.29, 1.82) is 0 Å². The van der Waals surface area contributed by atoms with Crippen molar-refractivity contribution >= 4 is 5.91 Å². The van der Waals surface area contributed by atoms with Crippen molar-refractivity contribution in [2.45, 2.75) is 46.1 Å². The molecule has 1 saturated heterocycles. The fourth-order valence-electron chi connectivity index (χ4n) is 3.03. The molecule has 4 nitrogen and oxygen atoms in total. The van der Waals surface area contributed by atoms with Crippen LogP contribution in [0.3, 0.4) is 0 Å². The third-order valence-electron chi connectivity index (χ3n) is 4.14. The van der Waals surface area contributed by atoms with Gasteiger partial charge in [0.2, 0.25) is 0 Å².